The molecule has 3 aliphatic heterocycles. The lowest BCUT2D eigenvalue weighted by Crippen LogP contribution is -2.61. The molecule has 41 heavy (non-hydrogen) atoms. The Balaban J connectivity index is 1.32. The Labute approximate surface area is 237 Å². The first kappa shape index (κ1) is 25.9. The maximum atomic E-state index is 13.2. The monoisotopic (exact) mass is 557 g/mol. The van der Waals surface area contributed by atoms with Gasteiger partial charge < -0.3 is 28.5 Å². The van der Waals surface area contributed by atoms with Gasteiger partial charge in [0.25, 0.3) is 0 Å². The van der Waals surface area contributed by atoms with Gasteiger partial charge in [0.05, 0.1) is 19.3 Å². The van der Waals surface area contributed by atoms with E-state index in [0.29, 0.717) is 23.0 Å². The van der Waals surface area contributed by atoms with Crippen molar-refractivity contribution in [2.24, 2.45) is 0 Å². The van der Waals surface area contributed by atoms with E-state index in [1.54, 1.807) is 0 Å². The Kier molecular flexibility index (Phi) is 6.36. The van der Waals surface area contributed by atoms with Gasteiger partial charge in [-0.2, -0.15) is 0 Å². The van der Waals surface area contributed by atoms with Crippen LogP contribution in [0.3, 0.4) is 0 Å². The van der Waals surface area contributed by atoms with Crippen LogP contribution in [0.5, 0.6) is 11.5 Å². The molecule has 1 unspecified atom stereocenters. The molecule has 9 nitrogen and oxygen atoms in total. The van der Waals surface area contributed by atoms with E-state index in [-0.39, 0.29) is 19.5 Å². The molecule has 3 heterocycles. The van der Waals surface area contributed by atoms with Crippen molar-refractivity contribution in [1.29, 1.82) is 0 Å². The molecule has 0 aromatic heterocycles. The van der Waals surface area contributed by atoms with Crippen LogP contribution in [0, 0.1) is 5.21 Å². The van der Waals surface area contributed by atoms with Crippen LogP contribution in [0.25, 0.3) is 0 Å². The zero-order chi connectivity index (χ0) is 28.0. The molecular weight excluding hydrogens is 526 g/mol. The minimum absolute atomic E-state index is 0.0900. The van der Waals surface area contributed by atoms with Gasteiger partial charge in [0, 0.05) is 17.2 Å². The number of hydrogen-bond acceptors (Lipinski definition) is 8. The van der Waals surface area contributed by atoms with Gasteiger partial charge in [0.2, 0.25) is 19.3 Å². The maximum Gasteiger partial charge on any atom is 0.303 e. The largest absolute Gasteiger partial charge is 0.457 e. The Morgan fingerprint density at radius 3 is 2.37 bits per heavy atom. The summed E-state index contributed by atoms with van der Waals surface area (Å²) in [4.78, 5) is 18.7. The van der Waals surface area contributed by atoms with Crippen LogP contribution in [0.2, 0.25) is 0 Å². The van der Waals surface area contributed by atoms with Crippen LogP contribution >= 0.6 is 0 Å². The van der Waals surface area contributed by atoms with Gasteiger partial charge in [-0.1, -0.05) is 60.7 Å². The quantitative estimate of drug-likeness (QED) is 0.334. The molecule has 0 saturated heterocycles. The highest BCUT2D eigenvalue weighted by molar-refractivity contribution is 5.76. The van der Waals surface area contributed by atoms with Crippen LogP contribution in [-0.2, 0) is 41.3 Å². The topological polar surface area (TPSA) is 98.5 Å². The van der Waals surface area contributed by atoms with Crippen molar-refractivity contribution in [2.45, 2.75) is 62.1 Å². The third-order valence-electron chi connectivity index (χ3n) is 8.75. The van der Waals surface area contributed by atoms with E-state index in [1.807, 2.05) is 48.5 Å². The molecule has 0 bridgehead atoms. The average Bonchev–Trinajstić information content (AvgIpc) is 3.62. The van der Waals surface area contributed by atoms with Crippen molar-refractivity contribution in [3.8, 4) is 11.5 Å². The first-order chi connectivity index (χ1) is 20.0. The van der Waals surface area contributed by atoms with Crippen molar-refractivity contribution in [1.82, 2.24) is 0 Å². The lowest BCUT2D eigenvalue weighted by atomic mass is 9.71. The molecule has 1 aliphatic carbocycles. The van der Waals surface area contributed by atoms with Gasteiger partial charge in [0.1, 0.15) is 5.41 Å². The fourth-order valence-electron chi connectivity index (χ4n) is 7.03. The Bertz CT molecular complexity index is 1440. The average molecular weight is 558 g/mol. The van der Waals surface area contributed by atoms with E-state index in [2.05, 4.69) is 24.3 Å². The molecule has 4 atom stereocenters. The van der Waals surface area contributed by atoms with E-state index in [9.17, 15) is 10.0 Å². The van der Waals surface area contributed by atoms with Crippen LogP contribution in [0.1, 0.15) is 48.4 Å². The highest BCUT2D eigenvalue weighted by atomic mass is 16.9. The third-order valence-corrected chi connectivity index (χ3v) is 8.75. The Morgan fingerprint density at radius 1 is 1.00 bits per heavy atom. The van der Waals surface area contributed by atoms with Crippen molar-refractivity contribution >= 4 is 12.2 Å². The predicted molar refractivity (Wildman–Crippen MR) is 146 cm³/mol. The summed E-state index contributed by atoms with van der Waals surface area (Å²) in [6, 6.07) is 24.2. The molecule has 0 amide bonds. The van der Waals surface area contributed by atoms with Gasteiger partial charge in [-0.05, 0) is 53.6 Å². The summed E-state index contributed by atoms with van der Waals surface area (Å²) in [7, 11) is 0. The van der Waals surface area contributed by atoms with Crippen molar-refractivity contribution in [2.75, 3.05) is 13.4 Å². The van der Waals surface area contributed by atoms with Gasteiger partial charge >= 0.3 is 5.97 Å². The molecule has 0 N–H and O–H groups in total. The summed E-state index contributed by atoms with van der Waals surface area (Å²) in [5.41, 5.74) is 2.14. The second-order valence-corrected chi connectivity index (χ2v) is 11.0. The molecule has 4 aliphatic rings. The second-order valence-electron chi connectivity index (χ2n) is 11.0. The summed E-state index contributed by atoms with van der Waals surface area (Å²) >= 11 is 0. The minimum Gasteiger partial charge on any atom is -0.457 e. The number of carbonyl (C=O) groups is 1. The zero-order valence-electron chi connectivity index (χ0n) is 22.7. The Hall–Kier alpha value is -4.08. The third kappa shape index (κ3) is 4.22. The summed E-state index contributed by atoms with van der Waals surface area (Å²) < 4.78 is 30.0. The number of hydrogen-bond donors (Lipinski definition) is 0. The van der Waals surface area contributed by atoms with Gasteiger partial charge in [-0.15, -0.1) is 0 Å². The number of ether oxygens (including phenoxy) is 5. The summed E-state index contributed by atoms with van der Waals surface area (Å²) in [6.07, 6.45) is 1.30. The highest BCUT2D eigenvalue weighted by Gasteiger charge is 2.58. The molecule has 0 radical (unpaired) electrons. The summed E-state index contributed by atoms with van der Waals surface area (Å²) in [6.45, 7) is 1.85. The molecule has 212 valence electrons. The fraction of sp³-hybridized carbons (Fsp3) is 0.375. The van der Waals surface area contributed by atoms with E-state index in [0.717, 1.165) is 41.5 Å². The number of nitrogens with zero attached hydrogens (tertiary/aromatic N) is 1. The number of esters is 1. The van der Waals surface area contributed by atoms with Gasteiger partial charge in [-0.3, -0.25) is 10.0 Å². The lowest BCUT2D eigenvalue weighted by Gasteiger charge is -2.47. The molecule has 3 aromatic carbocycles. The molecule has 1 spiro atoms. The fourth-order valence-corrected chi connectivity index (χ4v) is 7.03. The molecular formula is C32H31NO8. The predicted octanol–water partition coefficient (Wildman–Crippen LogP) is 4.52. The van der Waals surface area contributed by atoms with Crippen molar-refractivity contribution in [3.05, 3.63) is 100 Å². The lowest BCUT2D eigenvalue weighted by molar-refractivity contribution is -0.774. The number of benzene rings is 3. The minimum atomic E-state index is -1.20. The van der Waals surface area contributed by atoms with Crippen molar-refractivity contribution in [3.63, 3.8) is 0 Å². The highest BCUT2D eigenvalue weighted by Crippen LogP contribution is 2.50. The van der Waals surface area contributed by atoms with Crippen LogP contribution in [0.4, 0.5) is 0 Å². The van der Waals surface area contributed by atoms with E-state index in [4.69, 9.17) is 28.5 Å². The second kappa shape index (κ2) is 10.1. The summed E-state index contributed by atoms with van der Waals surface area (Å²) in [5, 5.41) is 13.2. The zero-order valence-corrected chi connectivity index (χ0v) is 22.7. The van der Waals surface area contributed by atoms with Crippen LogP contribution in [-0.4, -0.2) is 49.0 Å². The standard InChI is InChI=1S/C32H31NO8/c1-21(34)39-29-30(40-28-13-8-14-32(28,23-9-4-2-5-10-23)24-11-6-3-7-12-24)41-33(35)18-31(29)19-36-17-22-15-26-27(16-25(22)31)38-20-37-26/h2-7,9-12,15-16,18,28-30H,8,13-14,17,19-20H2,1H3/t28?,29-,30-,31-/m0/s1. The van der Waals surface area contributed by atoms with Crippen LogP contribution < -0.4 is 9.47 Å². The maximum absolute atomic E-state index is 13.2. The summed E-state index contributed by atoms with van der Waals surface area (Å²) in [5.74, 6) is 0.647. The first-order valence-electron chi connectivity index (χ1n) is 13.9. The van der Waals surface area contributed by atoms with Gasteiger partial charge in [0.15, 0.2) is 17.6 Å². The van der Waals surface area contributed by atoms with E-state index >= 15 is 0 Å². The molecule has 1 fully saturated rings. The SMILES string of the molecule is CC(=O)O[C@H]1[C@@H](OC2CCCC2(c2ccccc2)c2ccccc2)O[N+]([O-])=C[C@@]12COCc1cc3c(cc12)OCO3. The van der Waals surface area contributed by atoms with E-state index in [1.165, 1.54) is 13.1 Å². The first-order valence-corrected chi connectivity index (χ1v) is 13.9. The van der Waals surface area contributed by atoms with Crippen molar-refractivity contribution < 1.29 is 38.2 Å². The molecule has 1 saturated carbocycles. The number of rotatable bonds is 5. The van der Waals surface area contributed by atoms with Gasteiger partial charge in [-0.25, -0.2) is 0 Å². The number of fused-ring (bicyclic) bond motifs is 3. The smallest absolute Gasteiger partial charge is 0.303 e. The van der Waals surface area contributed by atoms with Crippen LogP contribution in [0.15, 0.2) is 72.8 Å². The molecule has 3 aromatic rings. The molecule has 7 rings (SSSR count). The Morgan fingerprint density at radius 2 is 1.68 bits per heavy atom. The normalized spacial score (nSPS) is 27.5. The van der Waals surface area contributed by atoms with E-state index < -0.39 is 29.2 Å². The molecule has 9 heteroatoms. The number of carbonyl (C=O) groups excluding carboxylic acids is 1.